The van der Waals surface area contributed by atoms with E-state index in [2.05, 4.69) is 15.3 Å². The average Bonchev–Trinajstić information content (AvgIpc) is 2.50. The molecule has 1 heterocycles. The number of halogens is 3. The molecule has 0 aliphatic rings. The SMILES string of the molecule is CNc1nc(C(F)(F)F)nc2c(OC)c(OC)c(OC)cc12. The molecule has 1 aromatic carbocycles. The number of nitrogens with zero attached hydrogens (tertiary/aromatic N) is 2. The van der Waals surface area contributed by atoms with Gasteiger partial charge in [-0.05, 0) is 6.07 Å². The highest BCUT2D eigenvalue weighted by Crippen LogP contribution is 2.44. The van der Waals surface area contributed by atoms with E-state index in [1.54, 1.807) is 0 Å². The van der Waals surface area contributed by atoms with Crippen molar-refractivity contribution in [2.75, 3.05) is 33.7 Å². The molecule has 0 fully saturated rings. The first-order valence-corrected chi connectivity index (χ1v) is 6.13. The summed E-state index contributed by atoms with van der Waals surface area (Å²) >= 11 is 0. The van der Waals surface area contributed by atoms with Crippen LogP contribution in [0, 0.1) is 0 Å². The smallest absolute Gasteiger partial charge is 0.451 e. The lowest BCUT2D eigenvalue weighted by Gasteiger charge is -2.16. The van der Waals surface area contributed by atoms with E-state index >= 15 is 0 Å². The lowest BCUT2D eigenvalue weighted by atomic mass is 10.1. The summed E-state index contributed by atoms with van der Waals surface area (Å²) in [6, 6.07) is 1.49. The maximum absolute atomic E-state index is 12.9. The molecule has 0 saturated heterocycles. The van der Waals surface area contributed by atoms with Crippen LogP contribution in [0.3, 0.4) is 0 Å². The van der Waals surface area contributed by atoms with Crippen molar-refractivity contribution in [2.45, 2.75) is 6.18 Å². The number of methoxy groups -OCH3 is 3. The molecule has 0 bridgehead atoms. The zero-order valence-corrected chi connectivity index (χ0v) is 12.3. The molecular weight excluding hydrogens is 303 g/mol. The van der Waals surface area contributed by atoms with Crippen molar-refractivity contribution in [2.24, 2.45) is 0 Å². The summed E-state index contributed by atoms with van der Waals surface area (Å²) in [6.07, 6.45) is -4.68. The molecular formula is C13H14F3N3O3. The van der Waals surface area contributed by atoms with Crippen LogP contribution in [-0.2, 0) is 6.18 Å². The van der Waals surface area contributed by atoms with E-state index in [0.29, 0.717) is 11.1 Å². The molecule has 22 heavy (non-hydrogen) atoms. The Morgan fingerprint density at radius 3 is 2.09 bits per heavy atom. The Kier molecular flexibility index (Phi) is 4.16. The van der Waals surface area contributed by atoms with Crippen LogP contribution in [0.15, 0.2) is 6.07 Å². The number of rotatable bonds is 4. The van der Waals surface area contributed by atoms with E-state index in [1.807, 2.05) is 0 Å². The molecule has 1 N–H and O–H groups in total. The molecule has 2 rings (SSSR count). The van der Waals surface area contributed by atoms with Crippen molar-refractivity contribution in [3.05, 3.63) is 11.9 Å². The Labute approximate surface area is 124 Å². The quantitative estimate of drug-likeness (QED) is 0.935. The Bertz CT molecular complexity index is 704. The molecule has 0 radical (unpaired) electrons. The van der Waals surface area contributed by atoms with Gasteiger partial charge in [0.25, 0.3) is 0 Å². The van der Waals surface area contributed by atoms with Crippen molar-refractivity contribution in [3.63, 3.8) is 0 Å². The highest BCUT2D eigenvalue weighted by Gasteiger charge is 2.36. The van der Waals surface area contributed by atoms with Crippen LogP contribution in [0.2, 0.25) is 0 Å². The van der Waals surface area contributed by atoms with Crippen LogP contribution in [0.4, 0.5) is 19.0 Å². The van der Waals surface area contributed by atoms with Gasteiger partial charge in [-0.15, -0.1) is 0 Å². The summed E-state index contributed by atoms with van der Waals surface area (Å²) < 4.78 is 54.3. The number of aromatic nitrogens is 2. The van der Waals surface area contributed by atoms with Crippen LogP contribution in [0.5, 0.6) is 17.2 Å². The van der Waals surface area contributed by atoms with Gasteiger partial charge in [-0.1, -0.05) is 0 Å². The van der Waals surface area contributed by atoms with Gasteiger partial charge in [0.05, 0.1) is 26.7 Å². The molecule has 0 atom stereocenters. The van der Waals surface area contributed by atoms with Crippen LogP contribution in [-0.4, -0.2) is 38.3 Å². The van der Waals surface area contributed by atoms with Crippen LogP contribution in [0.25, 0.3) is 10.9 Å². The Balaban J connectivity index is 2.93. The Hall–Kier alpha value is -2.45. The van der Waals surface area contributed by atoms with Crippen LogP contribution < -0.4 is 19.5 Å². The van der Waals surface area contributed by atoms with Gasteiger partial charge in [0.1, 0.15) is 11.3 Å². The summed E-state index contributed by atoms with van der Waals surface area (Å²) in [5, 5.41) is 2.94. The topological polar surface area (TPSA) is 65.5 Å². The first kappa shape index (κ1) is 15.9. The van der Waals surface area contributed by atoms with Gasteiger partial charge in [-0.25, -0.2) is 9.97 Å². The van der Waals surface area contributed by atoms with Gasteiger partial charge in [0, 0.05) is 7.05 Å². The highest BCUT2D eigenvalue weighted by atomic mass is 19.4. The highest BCUT2D eigenvalue weighted by molar-refractivity contribution is 5.96. The van der Waals surface area contributed by atoms with Crippen molar-refractivity contribution >= 4 is 16.7 Å². The first-order valence-electron chi connectivity index (χ1n) is 6.13. The maximum Gasteiger partial charge on any atom is 0.451 e. The third-order valence-electron chi connectivity index (χ3n) is 2.98. The minimum atomic E-state index is -4.68. The number of hydrogen-bond donors (Lipinski definition) is 1. The predicted octanol–water partition coefficient (Wildman–Crippen LogP) is 2.72. The van der Waals surface area contributed by atoms with E-state index in [-0.39, 0.29) is 22.8 Å². The minimum Gasteiger partial charge on any atom is -0.493 e. The summed E-state index contributed by atoms with van der Waals surface area (Å²) in [7, 11) is 5.54. The second-order valence-corrected chi connectivity index (χ2v) is 4.19. The normalized spacial score (nSPS) is 11.4. The number of hydrogen-bond acceptors (Lipinski definition) is 6. The summed E-state index contributed by atoms with van der Waals surface area (Å²) in [5.41, 5.74) is -0.0215. The van der Waals surface area contributed by atoms with Gasteiger partial charge in [0.15, 0.2) is 11.5 Å². The maximum atomic E-state index is 12.9. The van der Waals surface area contributed by atoms with Gasteiger partial charge in [-0.3, -0.25) is 0 Å². The number of fused-ring (bicyclic) bond motifs is 1. The molecule has 2 aromatic rings. The van der Waals surface area contributed by atoms with E-state index in [1.165, 1.54) is 34.4 Å². The monoisotopic (exact) mass is 317 g/mol. The number of alkyl halides is 3. The van der Waals surface area contributed by atoms with E-state index < -0.39 is 12.0 Å². The third kappa shape index (κ3) is 2.53. The van der Waals surface area contributed by atoms with Gasteiger partial charge in [0.2, 0.25) is 11.6 Å². The second kappa shape index (κ2) is 5.74. The molecule has 0 spiro atoms. The van der Waals surface area contributed by atoms with Crippen molar-refractivity contribution in [3.8, 4) is 17.2 Å². The molecule has 9 heteroatoms. The van der Waals surface area contributed by atoms with Crippen LogP contribution >= 0.6 is 0 Å². The van der Waals surface area contributed by atoms with Gasteiger partial charge >= 0.3 is 6.18 Å². The summed E-state index contributed by atoms with van der Waals surface area (Å²) in [4.78, 5) is 7.07. The molecule has 0 saturated carbocycles. The number of benzene rings is 1. The van der Waals surface area contributed by atoms with Crippen LogP contribution in [0.1, 0.15) is 5.82 Å². The predicted molar refractivity (Wildman–Crippen MR) is 73.7 cm³/mol. The number of anilines is 1. The van der Waals surface area contributed by atoms with Gasteiger partial charge in [-0.2, -0.15) is 13.2 Å². The van der Waals surface area contributed by atoms with Gasteiger partial charge < -0.3 is 19.5 Å². The Morgan fingerprint density at radius 2 is 1.64 bits per heavy atom. The first-order chi connectivity index (χ1) is 10.4. The zero-order chi connectivity index (χ0) is 16.5. The molecule has 1 aromatic heterocycles. The third-order valence-corrected chi connectivity index (χ3v) is 2.98. The van der Waals surface area contributed by atoms with E-state index in [9.17, 15) is 13.2 Å². The lowest BCUT2D eigenvalue weighted by Crippen LogP contribution is -2.13. The molecule has 0 aliphatic carbocycles. The fourth-order valence-electron chi connectivity index (χ4n) is 2.05. The van der Waals surface area contributed by atoms with Crippen molar-refractivity contribution in [1.82, 2.24) is 9.97 Å². The molecule has 0 amide bonds. The fourth-order valence-corrected chi connectivity index (χ4v) is 2.05. The Morgan fingerprint density at radius 1 is 1.00 bits per heavy atom. The van der Waals surface area contributed by atoms with Crippen molar-refractivity contribution < 1.29 is 27.4 Å². The average molecular weight is 317 g/mol. The van der Waals surface area contributed by atoms with E-state index in [4.69, 9.17) is 14.2 Å². The lowest BCUT2D eigenvalue weighted by molar-refractivity contribution is -0.144. The second-order valence-electron chi connectivity index (χ2n) is 4.19. The minimum absolute atomic E-state index is 0.0107. The fraction of sp³-hybridized carbons (Fsp3) is 0.385. The summed E-state index contributed by atoms with van der Waals surface area (Å²) in [6.45, 7) is 0. The molecule has 0 unspecified atom stereocenters. The zero-order valence-electron chi connectivity index (χ0n) is 12.3. The standard InChI is InChI=1S/C13H14F3N3O3/c1-17-11-6-5-7(20-2)9(21-3)10(22-4)8(6)18-12(19-11)13(14,15)16/h5H,1-4H3,(H,17,18,19). The van der Waals surface area contributed by atoms with Crippen molar-refractivity contribution in [1.29, 1.82) is 0 Å². The van der Waals surface area contributed by atoms with E-state index in [0.717, 1.165) is 0 Å². The molecule has 0 aliphatic heterocycles. The summed E-state index contributed by atoms with van der Waals surface area (Å²) in [5.74, 6) is -0.759. The molecule has 6 nitrogen and oxygen atoms in total. The number of ether oxygens (including phenoxy) is 3. The largest absolute Gasteiger partial charge is 0.493 e. The number of nitrogens with one attached hydrogen (secondary N) is 1. The molecule has 120 valence electrons.